The zero-order valence-corrected chi connectivity index (χ0v) is 19.1. The van der Waals surface area contributed by atoms with Crippen LogP contribution in [-0.4, -0.2) is 51.6 Å². The zero-order valence-electron chi connectivity index (χ0n) is 18.3. The van der Waals surface area contributed by atoms with E-state index in [0.29, 0.717) is 25.3 Å². The lowest BCUT2D eigenvalue weighted by atomic mass is 10.1. The van der Waals surface area contributed by atoms with Crippen molar-refractivity contribution in [3.8, 4) is 0 Å². The Kier molecular flexibility index (Phi) is 8.31. The number of morpholine rings is 1. The van der Waals surface area contributed by atoms with Crippen molar-refractivity contribution in [2.24, 2.45) is 0 Å². The smallest absolute Gasteiger partial charge is 0.216 e. The van der Waals surface area contributed by atoms with Crippen LogP contribution in [0, 0.1) is 5.82 Å². The molecule has 2 N–H and O–H groups in total. The number of rotatable bonds is 9. The summed E-state index contributed by atoms with van der Waals surface area (Å²) in [6.45, 7) is 11.6. The van der Waals surface area contributed by atoms with Crippen LogP contribution in [0.3, 0.4) is 0 Å². The van der Waals surface area contributed by atoms with Crippen LogP contribution in [0.1, 0.15) is 53.9 Å². The van der Waals surface area contributed by atoms with E-state index in [2.05, 4.69) is 10.0 Å². The first-order valence-electron chi connectivity index (χ1n) is 10.4. The van der Waals surface area contributed by atoms with Gasteiger partial charge in [0.25, 0.3) is 0 Å². The second-order valence-electron chi connectivity index (χ2n) is 8.83. The summed E-state index contributed by atoms with van der Waals surface area (Å²) in [5, 5.41) is 3.24. The Balaban J connectivity index is 1.72. The van der Waals surface area contributed by atoms with Crippen LogP contribution in [0.15, 0.2) is 18.2 Å². The van der Waals surface area contributed by atoms with Gasteiger partial charge in [0.2, 0.25) is 10.0 Å². The highest BCUT2D eigenvalue weighted by Crippen LogP contribution is 2.26. The van der Waals surface area contributed by atoms with E-state index in [9.17, 15) is 12.8 Å². The standard InChI is InChI=1S/C21H36FN3O3S/c1-16-14-25(15-17(2)28-16)20-10-9-18(13-19(20)22)23-11-7-6-8-12-24-29(26,27)21(3,4)5/h9-10,13,16-17,23-24H,6-8,11-12,14-15H2,1-5H3/t16-,17+. The van der Waals surface area contributed by atoms with Gasteiger partial charge in [-0.1, -0.05) is 6.42 Å². The summed E-state index contributed by atoms with van der Waals surface area (Å²) in [6, 6.07) is 5.27. The largest absolute Gasteiger partial charge is 0.385 e. The first kappa shape index (κ1) is 23.9. The van der Waals surface area contributed by atoms with Crippen molar-refractivity contribution in [3.63, 3.8) is 0 Å². The van der Waals surface area contributed by atoms with Gasteiger partial charge in [-0.05, 0) is 65.7 Å². The van der Waals surface area contributed by atoms with Crippen molar-refractivity contribution in [1.82, 2.24) is 4.72 Å². The molecule has 166 valence electrons. The Morgan fingerprint density at radius 3 is 2.31 bits per heavy atom. The number of benzene rings is 1. The van der Waals surface area contributed by atoms with Gasteiger partial charge in [0.1, 0.15) is 5.82 Å². The van der Waals surface area contributed by atoms with Crippen LogP contribution >= 0.6 is 0 Å². The molecule has 0 unspecified atom stereocenters. The van der Waals surface area contributed by atoms with Gasteiger partial charge in [0, 0.05) is 31.9 Å². The molecule has 1 heterocycles. The molecular weight excluding hydrogens is 393 g/mol. The molecule has 1 saturated heterocycles. The summed E-state index contributed by atoms with van der Waals surface area (Å²) in [4.78, 5) is 2.04. The minimum Gasteiger partial charge on any atom is -0.385 e. The number of hydrogen-bond acceptors (Lipinski definition) is 5. The van der Waals surface area contributed by atoms with E-state index in [-0.39, 0.29) is 18.0 Å². The maximum absolute atomic E-state index is 14.6. The molecule has 0 aromatic heterocycles. The molecule has 1 aromatic rings. The number of hydrogen-bond donors (Lipinski definition) is 2. The summed E-state index contributed by atoms with van der Waals surface area (Å²) in [5.41, 5.74) is 1.37. The molecule has 0 radical (unpaired) electrons. The molecule has 0 saturated carbocycles. The van der Waals surface area contributed by atoms with Crippen molar-refractivity contribution in [2.45, 2.75) is 70.8 Å². The monoisotopic (exact) mass is 429 g/mol. The van der Waals surface area contributed by atoms with Gasteiger partial charge < -0.3 is 15.0 Å². The summed E-state index contributed by atoms with van der Waals surface area (Å²) in [7, 11) is -3.28. The van der Waals surface area contributed by atoms with Gasteiger partial charge in [-0.3, -0.25) is 0 Å². The highest BCUT2D eigenvalue weighted by Gasteiger charge is 2.28. The molecule has 0 spiro atoms. The van der Waals surface area contributed by atoms with Crippen molar-refractivity contribution < 1.29 is 17.5 Å². The van der Waals surface area contributed by atoms with Gasteiger partial charge >= 0.3 is 0 Å². The lowest BCUT2D eigenvalue weighted by molar-refractivity contribution is -0.00539. The Hall–Kier alpha value is -1.38. The van der Waals surface area contributed by atoms with Crippen LogP contribution < -0.4 is 14.9 Å². The molecule has 1 aromatic carbocycles. The van der Waals surface area contributed by atoms with E-state index in [4.69, 9.17) is 4.74 Å². The van der Waals surface area contributed by atoms with Crippen molar-refractivity contribution in [2.75, 3.05) is 36.4 Å². The number of unbranched alkanes of at least 4 members (excludes halogenated alkanes) is 2. The number of halogens is 1. The molecule has 2 atom stereocenters. The summed E-state index contributed by atoms with van der Waals surface area (Å²) in [6.07, 6.45) is 2.73. The van der Waals surface area contributed by atoms with Crippen molar-refractivity contribution in [1.29, 1.82) is 0 Å². The first-order valence-corrected chi connectivity index (χ1v) is 11.9. The second kappa shape index (κ2) is 10.1. The van der Waals surface area contributed by atoms with Crippen LogP contribution in [0.5, 0.6) is 0 Å². The highest BCUT2D eigenvalue weighted by atomic mass is 32.2. The normalized spacial score (nSPS) is 20.7. The molecule has 8 heteroatoms. The molecule has 0 aliphatic carbocycles. The van der Waals surface area contributed by atoms with E-state index >= 15 is 0 Å². The summed E-state index contributed by atoms with van der Waals surface area (Å²) >= 11 is 0. The lowest BCUT2D eigenvalue weighted by Crippen LogP contribution is -2.45. The second-order valence-corrected chi connectivity index (χ2v) is 11.3. The lowest BCUT2D eigenvalue weighted by Gasteiger charge is -2.37. The van der Waals surface area contributed by atoms with E-state index in [1.165, 1.54) is 6.07 Å². The van der Waals surface area contributed by atoms with E-state index in [1.54, 1.807) is 20.8 Å². The quantitative estimate of drug-likeness (QED) is 0.585. The molecule has 6 nitrogen and oxygen atoms in total. The molecule has 0 bridgehead atoms. The topological polar surface area (TPSA) is 70.7 Å². The molecule has 1 fully saturated rings. The Morgan fingerprint density at radius 1 is 1.10 bits per heavy atom. The van der Waals surface area contributed by atoms with Gasteiger partial charge in [0.15, 0.2) is 0 Å². The maximum Gasteiger partial charge on any atom is 0.216 e. The maximum atomic E-state index is 14.6. The third-order valence-corrected chi connectivity index (χ3v) is 7.19. The van der Waals surface area contributed by atoms with E-state index < -0.39 is 14.8 Å². The van der Waals surface area contributed by atoms with E-state index in [0.717, 1.165) is 31.5 Å². The molecule has 0 amide bonds. The fourth-order valence-corrected chi connectivity index (χ4v) is 4.18. The molecule has 1 aliphatic heterocycles. The fourth-order valence-electron chi connectivity index (χ4n) is 3.33. The minimum absolute atomic E-state index is 0.0869. The highest BCUT2D eigenvalue weighted by molar-refractivity contribution is 7.90. The zero-order chi connectivity index (χ0) is 21.7. The van der Waals surface area contributed by atoms with Gasteiger partial charge in [-0.2, -0.15) is 0 Å². The predicted molar refractivity (Wildman–Crippen MR) is 118 cm³/mol. The molecule has 2 rings (SSSR count). The van der Waals surface area contributed by atoms with Gasteiger partial charge in [0.05, 0.1) is 22.6 Å². The number of nitrogens with zero attached hydrogens (tertiary/aromatic N) is 1. The number of sulfonamides is 1. The number of nitrogens with one attached hydrogen (secondary N) is 2. The average molecular weight is 430 g/mol. The summed E-state index contributed by atoms with van der Waals surface area (Å²) < 4.78 is 46.1. The molecule has 1 aliphatic rings. The molecular formula is C21H36FN3O3S. The van der Waals surface area contributed by atoms with Crippen LogP contribution in [0.4, 0.5) is 15.8 Å². The third kappa shape index (κ3) is 7.12. The molecule has 29 heavy (non-hydrogen) atoms. The van der Waals surface area contributed by atoms with Crippen LogP contribution in [-0.2, 0) is 14.8 Å². The van der Waals surface area contributed by atoms with Gasteiger partial charge in [-0.25, -0.2) is 17.5 Å². The Bertz CT molecular complexity index is 755. The fraction of sp³-hybridized carbons (Fsp3) is 0.714. The van der Waals surface area contributed by atoms with Crippen LogP contribution in [0.25, 0.3) is 0 Å². The average Bonchev–Trinajstić information content (AvgIpc) is 2.59. The van der Waals surface area contributed by atoms with Crippen LogP contribution in [0.2, 0.25) is 0 Å². The Labute approximate surface area is 175 Å². The Morgan fingerprint density at radius 2 is 1.72 bits per heavy atom. The summed E-state index contributed by atoms with van der Waals surface area (Å²) in [5.74, 6) is -0.229. The van der Waals surface area contributed by atoms with E-state index in [1.807, 2.05) is 30.9 Å². The van der Waals surface area contributed by atoms with Crippen molar-refractivity contribution >= 4 is 21.4 Å². The first-order chi connectivity index (χ1) is 13.5. The minimum atomic E-state index is -3.28. The van der Waals surface area contributed by atoms with Gasteiger partial charge in [-0.15, -0.1) is 0 Å². The predicted octanol–water partition coefficient (Wildman–Crippen LogP) is 3.74. The number of anilines is 2. The SMILES string of the molecule is C[C@@H]1CN(c2ccc(NCCCCCNS(=O)(=O)C(C)(C)C)cc2F)C[C@H](C)O1. The number of ether oxygens (including phenoxy) is 1. The third-order valence-electron chi connectivity index (χ3n) is 4.99. The van der Waals surface area contributed by atoms with Crippen molar-refractivity contribution in [3.05, 3.63) is 24.0 Å².